The SMILES string of the molecule is CC(=O)Nc1ccc(CNC2CCC(C)CC2C)cc1. The molecule has 0 radical (unpaired) electrons. The maximum absolute atomic E-state index is 11.0. The van der Waals surface area contributed by atoms with Gasteiger partial charge in [-0.05, 0) is 48.8 Å². The first-order valence-electron chi connectivity index (χ1n) is 7.64. The number of rotatable bonds is 4. The first-order valence-corrected chi connectivity index (χ1v) is 7.64. The Morgan fingerprint density at radius 2 is 1.90 bits per heavy atom. The topological polar surface area (TPSA) is 41.1 Å². The number of carbonyl (C=O) groups excluding carboxylic acids is 1. The zero-order valence-corrected chi connectivity index (χ0v) is 12.8. The van der Waals surface area contributed by atoms with Crippen LogP contribution in [0.4, 0.5) is 5.69 Å². The summed E-state index contributed by atoms with van der Waals surface area (Å²) in [7, 11) is 0. The summed E-state index contributed by atoms with van der Waals surface area (Å²) in [5.74, 6) is 1.61. The van der Waals surface area contributed by atoms with Crippen LogP contribution in [0, 0.1) is 11.8 Å². The molecule has 1 saturated carbocycles. The van der Waals surface area contributed by atoms with Gasteiger partial charge in [-0.1, -0.05) is 26.0 Å². The van der Waals surface area contributed by atoms with Crippen LogP contribution in [0.3, 0.4) is 0 Å². The number of anilines is 1. The molecular weight excluding hydrogens is 248 g/mol. The van der Waals surface area contributed by atoms with Crippen LogP contribution < -0.4 is 10.6 Å². The molecule has 0 heterocycles. The van der Waals surface area contributed by atoms with Crippen LogP contribution in [0.1, 0.15) is 45.6 Å². The number of carbonyl (C=O) groups is 1. The number of hydrogen-bond acceptors (Lipinski definition) is 2. The molecule has 0 aromatic heterocycles. The standard InChI is InChI=1S/C17H26N2O/c1-12-4-9-17(13(2)10-12)18-11-15-5-7-16(8-6-15)19-14(3)20/h5-8,12-13,17-18H,4,9-11H2,1-3H3,(H,19,20). The molecule has 110 valence electrons. The number of hydrogen-bond donors (Lipinski definition) is 2. The van der Waals surface area contributed by atoms with Gasteiger partial charge in [0, 0.05) is 25.2 Å². The van der Waals surface area contributed by atoms with Gasteiger partial charge in [-0.15, -0.1) is 0 Å². The van der Waals surface area contributed by atoms with Gasteiger partial charge >= 0.3 is 0 Å². The van der Waals surface area contributed by atoms with E-state index in [0.29, 0.717) is 6.04 Å². The van der Waals surface area contributed by atoms with Gasteiger partial charge in [0.25, 0.3) is 0 Å². The maximum atomic E-state index is 11.0. The summed E-state index contributed by atoms with van der Waals surface area (Å²) in [6.07, 6.45) is 3.95. The van der Waals surface area contributed by atoms with Gasteiger partial charge in [0.1, 0.15) is 0 Å². The lowest BCUT2D eigenvalue weighted by Gasteiger charge is -2.33. The van der Waals surface area contributed by atoms with Crippen molar-refractivity contribution >= 4 is 11.6 Å². The molecule has 1 amide bonds. The van der Waals surface area contributed by atoms with Gasteiger partial charge in [-0.3, -0.25) is 4.79 Å². The number of amides is 1. The molecule has 1 aromatic carbocycles. The van der Waals surface area contributed by atoms with Gasteiger partial charge in [-0.2, -0.15) is 0 Å². The molecule has 1 aliphatic carbocycles. The quantitative estimate of drug-likeness (QED) is 0.881. The van der Waals surface area contributed by atoms with E-state index in [0.717, 1.165) is 24.1 Å². The Morgan fingerprint density at radius 1 is 1.20 bits per heavy atom. The molecule has 2 N–H and O–H groups in total. The fraction of sp³-hybridized carbons (Fsp3) is 0.588. The molecule has 1 aliphatic rings. The highest BCUT2D eigenvalue weighted by molar-refractivity contribution is 5.88. The average molecular weight is 274 g/mol. The molecule has 3 nitrogen and oxygen atoms in total. The van der Waals surface area contributed by atoms with E-state index in [2.05, 4.69) is 36.6 Å². The van der Waals surface area contributed by atoms with Crippen molar-refractivity contribution in [1.82, 2.24) is 5.32 Å². The summed E-state index contributed by atoms with van der Waals surface area (Å²) >= 11 is 0. The lowest BCUT2D eigenvalue weighted by Crippen LogP contribution is -2.38. The van der Waals surface area contributed by atoms with E-state index in [-0.39, 0.29) is 5.91 Å². The van der Waals surface area contributed by atoms with Crippen molar-refractivity contribution < 1.29 is 4.79 Å². The van der Waals surface area contributed by atoms with Crippen molar-refractivity contribution in [3.8, 4) is 0 Å². The van der Waals surface area contributed by atoms with E-state index >= 15 is 0 Å². The lowest BCUT2D eigenvalue weighted by molar-refractivity contribution is -0.114. The molecular formula is C17H26N2O. The molecule has 1 aromatic rings. The van der Waals surface area contributed by atoms with Crippen LogP contribution >= 0.6 is 0 Å². The number of benzene rings is 1. The smallest absolute Gasteiger partial charge is 0.221 e. The second-order valence-electron chi connectivity index (χ2n) is 6.26. The minimum absolute atomic E-state index is 0.0268. The fourth-order valence-corrected chi connectivity index (χ4v) is 3.13. The van der Waals surface area contributed by atoms with Crippen molar-refractivity contribution in [3.05, 3.63) is 29.8 Å². The van der Waals surface area contributed by atoms with Crippen molar-refractivity contribution in [2.45, 2.75) is 52.6 Å². The molecule has 0 bridgehead atoms. The Morgan fingerprint density at radius 3 is 2.50 bits per heavy atom. The third-order valence-electron chi connectivity index (χ3n) is 4.27. The Hall–Kier alpha value is -1.35. The molecule has 1 fully saturated rings. The minimum atomic E-state index is -0.0268. The summed E-state index contributed by atoms with van der Waals surface area (Å²) < 4.78 is 0. The van der Waals surface area contributed by atoms with Crippen LogP contribution in [-0.4, -0.2) is 11.9 Å². The van der Waals surface area contributed by atoms with Crippen LogP contribution in [0.25, 0.3) is 0 Å². The molecule has 20 heavy (non-hydrogen) atoms. The van der Waals surface area contributed by atoms with Gasteiger partial charge in [0.05, 0.1) is 0 Å². The maximum Gasteiger partial charge on any atom is 0.221 e. The van der Waals surface area contributed by atoms with E-state index in [9.17, 15) is 4.79 Å². The van der Waals surface area contributed by atoms with Crippen molar-refractivity contribution in [1.29, 1.82) is 0 Å². The Balaban J connectivity index is 1.83. The van der Waals surface area contributed by atoms with Crippen molar-refractivity contribution in [2.75, 3.05) is 5.32 Å². The Bertz CT molecular complexity index is 441. The van der Waals surface area contributed by atoms with E-state index in [1.807, 2.05) is 12.1 Å². The molecule has 2 rings (SSSR count). The van der Waals surface area contributed by atoms with E-state index in [4.69, 9.17) is 0 Å². The number of nitrogens with one attached hydrogen (secondary N) is 2. The summed E-state index contributed by atoms with van der Waals surface area (Å²) in [5.41, 5.74) is 2.13. The molecule has 3 heteroatoms. The van der Waals surface area contributed by atoms with Crippen LogP contribution in [-0.2, 0) is 11.3 Å². The van der Waals surface area contributed by atoms with Gasteiger partial charge in [0.15, 0.2) is 0 Å². The fourth-order valence-electron chi connectivity index (χ4n) is 3.13. The zero-order valence-electron chi connectivity index (χ0n) is 12.8. The second-order valence-corrected chi connectivity index (χ2v) is 6.26. The summed E-state index contributed by atoms with van der Waals surface area (Å²) in [6.45, 7) is 7.14. The summed E-state index contributed by atoms with van der Waals surface area (Å²) in [4.78, 5) is 11.0. The molecule has 3 unspecified atom stereocenters. The van der Waals surface area contributed by atoms with Gasteiger partial charge < -0.3 is 10.6 Å². The highest BCUT2D eigenvalue weighted by Crippen LogP contribution is 2.28. The summed E-state index contributed by atoms with van der Waals surface area (Å²) in [5, 5.41) is 6.47. The van der Waals surface area contributed by atoms with Crippen molar-refractivity contribution in [2.24, 2.45) is 11.8 Å². The third-order valence-corrected chi connectivity index (χ3v) is 4.27. The monoisotopic (exact) mass is 274 g/mol. The molecule has 0 aliphatic heterocycles. The predicted molar refractivity (Wildman–Crippen MR) is 83.6 cm³/mol. The van der Waals surface area contributed by atoms with Gasteiger partial charge in [0.2, 0.25) is 5.91 Å². The van der Waals surface area contributed by atoms with E-state index in [1.165, 1.54) is 31.7 Å². The van der Waals surface area contributed by atoms with E-state index < -0.39 is 0 Å². The van der Waals surface area contributed by atoms with Crippen LogP contribution in [0.2, 0.25) is 0 Å². The minimum Gasteiger partial charge on any atom is -0.326 e. The first-order chi connectivity index (χ1) is 9.54. The Labute approximate surface area is 122 Å². The van der Waals surface area contributed by atoms with Crippen molar-refractivity contribution in [3.63, 3.8) is 0 Å². The normalized spacial score (nSPS) is 26.2. The summed E-state index contributed by atoms with van der Waals surface area (Å²) in [6, 6.07) is 8.72. The highest BCUT2D eigenvalue weighted by Gasteiger charge is 2.24. The van der Waals surface area contributed by atoms with Crippen LogP contribution in [0.15, 0.2) is 24.3 Å². The molecule has 0 spiro atoms. The van der Waals surface area contributed by atoms with Gasteiger partial charge in [-0.25, -0.2) is 0 Å². The largest absolute Gasteiger partial charge is 0.326 e. The zero-order chi connectivity index (χ0) is 14.5. The van der Waals surface area contributed by atoms with E-state index in [1.54, 1.807) is 0 Å². The third kappa shape index (κ3) is 4.34. The highest BCUT2D eigenvalue weighted by atomic mass is 16.1. The first kappa shape index (κ1) is 15.0. The Kier molecular flexibility index (Phi) is 5.18. The average Bonchev–Trinajstić information content (AvgIpc) is 2.39. The molecule has 3 atom stereocenters. The lowest BCUT2D eigenvalue weighted by atomic mass is 9.80. The predicted octanol–water partition coefficient (Wildman–Crippen LogP) is 3.56. The molecule has 0 saturated heterocycles. The van der Waals surface area contributed by atoms with Crippen LogP contribution in [0.5, 0.6) is 0 Å². The second kappa shape index (κ2) is 6.89.